The molecule has 1 aromatic carbocycles. The summed E-state index contributed by atoms with van der Waals surface area (Å²) in [5, 5.41) is 12.9. The van der Waals surface area contributed by atoms with Crippen molar-refractivity contribution in [3.63, 3.8) is 0 Å². The molecule has 2 unspecified atom stereocenters. The van der Waals surface area contributed by atoms with E-state index in [9.17, 15) is 19.5 Å². The fraction of sp³-hybridized carbons (Fsp3) is 0.538. The molecular formula is C26H35N3O6. The van der Waals surface area contributed by atoms with Crippen molar-refractivity contribution in [2.75, 3.05) is 6.61 Å². The van der Waals surface area contributed by atoms with E-state index in [1.54, 1.807) is 26.8 Å². The zero-order chi connectivity index (χ0) is 25.8. The first kappa shape index (κ1) is 26.2. The summed E-state index contributed by atoms with van der Waals surface area (Å²) >= 11 is 0. The molecule has 0 aliphatic carbocycles. The van der Waals surface area contributed by atoms with E-state index in [4.69, 9.17) is 9.47 Å². The van der Waals surface area contributed by atoms with Crippen molar-refractivity contribution >= 4 is 23.9 Å². The molecule has 0 bridgehead atoms. The van der Waals surface area contributed by atoms with Crippen LogP contribution in [0.25, 0.3) is 0 Å². The average molecular weight is 486 g/mol. The van der Waals surface area contributed by atoms with Gasteiger partial charge in [-0.2, -0.15) is 0 Å². The smallest absolute Gasteiger partial charge is 0.437 e. The van der Waals surface area contributed by atoms with Crippen molar-refractivity contribution in [3.8, 4) is 5.75 Å². The van der Waals surface area contributed by atoms with Crippen LogP contribution in [0.2, 0.25) is 0 Å². The number of hydrogen-bond donors (Lipinski definition) is 2. The number of allylic oxidation sites excluding steroid dienone is 1. The molecule has 9 heteroatoms. The normalized spacial score (nSPS) is 23.2. The van der Waals surface area contributed by atoms with Gasteiger partial charge in [-0.1, -0.05) is 13.0 Å². The van der Waals surface area contributed by atoms with Crippen LogP contribution in [0.1, 0.15) is 88.2 Å². The maximum Gasteiger partial charge on any atom is 0.437 e. The summed E-state index contributed by atoms with van der Waals surface area (Å²) in [7, 11) is 0. The second-order valence-corrected chi connectivity index (χ2v) is 10.0. The number of ether oxygens (including phenoxy) is 2. The first-order chi connectivity index (χ1) is 16.5. The Morgan fingerprint density at radius 1 is 1.40 bits per heavy atom. The molecule has 2 aliphatic rings. The quantitative estimate of drug-likeness (QED) is 0.420. The Kier molecular flexibility index (Phi) is 7.87. The van der Waals surface area contributed by atoms with Gasteiger partial charge in [0, 0.05) is 17.5 Å². The Morgan fingerprint density at radius 2 is 2.14 bits per heavy atom. The van der Waals surface area contributed by atoms with Gasteiger partial charge in [0.15, 0.2) is 0 Å². The molecule has 2 atom stereocenters. The number of benzene rings is 1. The molecule has 3 rings (SSSR count). The van der Waals surface area contributed by atoms with Crippen LogP contribution in [-0.2, 0) is 9.53 Å². The van der Waals surface area contributed by atoms with Gasteiger partial charge in [0.25, 0.3) is 0 Å². The standard InChI is InChI=1S/C26H35N3O6/c1-6-8-9-13-26(7-2)16-21(30)29(23(28-26)27-24(33)35-25(3,4)5)19-12-14-34-20-11-10-17(22(31)32)15-18(19)20/h6,10-11,15,19H,1,7-9,12-14,16H2,2-5H3,(H,31,32)(H,27,28,33). The largest absolute Gasteiger partial charge is 0.493 e. The molecule has 2 amide bonds. The first-order valence-corrected chi connectivity index (χ1v) is 12.0. The number of nitrogens with one attached hydrogen (secondary N) is 1. The number of hydrogen-bond acceptors (Lipinski definition) is 5. The van der Waals surface area contributed by atoms with Crippen molar-refractivity contribution in [2.45, 2.75) is 83.4 Å². The topological polar surface area (TPSA) is 118 Å². The van der Waals surface area contributed by atoms with Crippen LogP contribution in [0.4, 0.5) is 4.79 Å². The highest BCUT2D eigenvalue weighted by molar-refractivity contribution is 6.04. The molecule has 0 spiro atoms. The summed E-state index contributed by atoms with van der Waals surface area (Å²) < 4.78 is 11.1. The van der Waals surface area contributed by atoms with E-state index >= 15 is 0 Å². The number of rotatable bonds is 7. The summed E-state index contributed by atoms with van der Waals surface area (Å²) in [6, 6.07) is 4.05. The second-order valence-electron chi connectivity index (χ2n) is 10.0. The fourth-order valence-corrected chi connectivity index (χ4v) is 4.51. The molecule has 35 heavy (non-hydrogen) atoms. The van der Waals surface area contributed by atoms with Gasteiger partial charge in [-0.15, -0.1) is 11.6 Å². The summed E-state index contributed by atoms with van der Waals surface area (Å²) in [4.78, 5) is 43.7. The maximum absolute atomic E-state index is 13.7. The maximum atomic E-state index is 13.7. The Labute approximate surface area is 206 Å². The molecule has 1 saturated heterocycles. The third-order valence-corrected chi connectivity index (χ3v) is 6.27. The van der Waals surface area contributed by atoms with Crippen molar-refractivity contribution in [2.24, 2.45) is 4.99 Å². The SMILES string of the molecule is C=CCCCC1(CC)CC(=O)N(C2CCOc3ccc(C(=O)O)cc32)C(=NC(=O)OC(C)(C)C)N1. The highest BCUT2D eigenvalue weighted by atomic mass is 16.6. The monoisotopic (exact) mass is 485 g/mol. The van der Waals surface area contributed by atoms with Crippen molar-refractivity contribution in [1.29, 1.82) is 0 Å². The van der Waals surface area contributed by atoms with Crippen LogP contribution in [0, 0.1) is 0 Å². The lowest BCUT2D eigenvalue weighted by Gasteiger charge is -2.46. The summed E-state index contributed by atoms with van der Waals surface area (Å²) in [5.74, 6) is -0.635. The predicted octanol–water partition coefficient (Wildman–Crippen LogP) is 4.83. The Balaban J connectivity index is 2.05. The molecule has 0 saturated carbocycles. The number of carbonyl (C=O) groups excluding carboxylic acids is 2. The third-order valence-electron chi connectivity index (χ3n) is 6.27. The molecule has 1 fully saturated rings. The van der Waals surface area contributed by atoms with E-state index in [2.05, 4.69) is 16.9 Å². The van der Waals surface area contributed by atoms with E-state index in [-0.39, 0.29) is 23.9 Å². The number of aromatic carboxylic acids is 1. The molecule has 2 N–H and O–H groups in total. The van der Waals surface area contributed by atoms with E-state index in [1.807, 2.05) is 13.0 Å². The molecule has 2 heterocycles. The van der Waals surface area contributed by atoms with Gasteiger partial charge in [-0.3, -0.25) is 9.69 Å². The zero-order valence-corrected chi connectivity index (χ0v) is 20.9. The summed E-state index contributed by atoms with van der Waals surface area (Å²) in [6.45, 7) is 11.4. The van der Waals surface area contributed by atoms with Crippen molar-refractivity contribution in [3.05, 3.63) is 42.0 Å². The number of carbonyl (C=O) groups is 3. The second kappa shape index (κ2) is 10.5. The summed E-state index contributed by atoms with van der Waals surface area (Å²) in [5.41, 5.74) is -0.652. The Hall–Kier alpha value is -3.36. The lowest BCUT2D eigenvalue weighted by atomic mass is 9.83. The van der Waals surface area contributed by atoms with Gasteiger partial charge in [0.1, 0.15) is 11.4 Å². The average Bonchev–Trinajstić information content (AvgIpc) is 2.77. The van der Waals surface area contributed by atoms with Gasteiger partial charge < -0.3 is 19.9 Å². The van der Waals surface area contributed by atoms with E-state index in [0.717, 1.165) is 12.8 Å². The van der Waals surface area contributed by atoms with Crippen LogP contribution in [0.5, 0.6) is 5.75 Å². The lowest BCUT2D eigenvalue weighted by Crippen LogP contribution is -2.63. The van der Waals surface area contributed by atoms with Gasteiger partial charge >= 0.3 is 12.1 Å². The van der Waals surface area contributed by atoms with Crippen LogP contribution in [0.3, 0.4) is 0 Å². The Morgan fingerprint density at radius 3 is 2.77 bits per heavy atom. The summed E-state index contributed by atoms with van der Waals surface area (Å²) in [6.07, 6.45) is 4.69. The van der Waals surface area contributed by atoms with Gasteiger partial charge in [-0.05, 0) is 64.7 Å². The molecule has 0 aromatic heterocycles. The molecule has 9 nitrogen and oxygen atoms in total. The van der Waals surface area contributed by atoms with Gasteiger partial charge in [0.2, 0.25) is 11.9 Å². The first-order valence-electron chi connectivity index (χ1n) is 12.0. The van der Waals surface area contributed by atoms with Gasteiger partial charge in [-0.25, -0.2) is 9.59 Å². The predicted molar refractivity (Wildman–Crippen MR) is 132 cm³/mol. The number of aliphatic imine (C=N–C) groups is 1. The number of carboxylic acid groups (broad SMARTS) is 1. The highest BCUT2D eigenvalue weighted by Crippen LogP contribution is 2.40. The van der Waals surface area contributed by atoms with Crippen molar-refractivity contribution < 1.29 is 29.0 Å². The van der Waals surface area contributed by atoms with Gasteiger partial charge in [0.05, 0.1) is 24.6 Å². The fourth-order valence-electron chi connectivity index (χ4n) is 4.51. The number of carboxylic acids is 1. The molecule has 190 valence electrons. The van der Waals surface area contributed by atoms with Crippen LogP contribution < -0.4 is 10.1 Å². The van der Waals surface area contributed by atoms with Crippen LogP contribution in [-0.4, -0.2) is 51.7 Å². The van der Waals surface area contributed by atoms with E-state index in [0.29, 0.717) is 37.2 Å². The lowest BCUT2D eigenvalue weighted by molar-refractivity contribution is -0.133. The number of fused-ring (bicyclic) bond motifs is 1. The Bertz CT molecular complexity index is 1030. The molecular weight excluding hydrogens is 450 g/mol. The number of amides is 2. The minimum absolute atomic E-state index is 0.0922. The molecule has 2 aliphatic heterocycles. The minimum Gasteiger partial charge on any atom is -0.493 e. The third kappa shape index (κ3) is 6.21. The van der Waals surface area contributed by atoms with Crippen molar-refractivity contribution in [1.82, 2.24) is 10.2 Å². The highest BCUT2D eigenvalue weighted by Gasteiger charge is 2.45. The molecule has 0 radical (unpaired) electrons. The van der Waals surface area contributed by atoms with Crippen LogP contribution >= 0.6 is 0 Å². The number of unbranched alkanes of at least 4 members (excludes halogenated alkanes) is 1. The minimum atomic E-state index is -1.07. The zero-order valence-electron chi connectivity index (χ0n) is 20.9. The van der Waals surface area contributed by atoms with E-state index < -0.39 is 29.2 Å². The van der Waals surface area contributed by atoms with Crippen LogP contribution in [0.15, 0.2) is 35.8 Å². The number of nitrogens with zero attached hydrogens (tertiary/aromatic N) is 2. The van der Waals surface area contributed by atoms with E-state index in [1.165, 1.54) is 17.0 Å². The molecule has 1 aromatic rings. The number of guanidine groups is 1.